The van der Waals surface area contributed by atoms with E-state index in [1.807, 2.05) is 17.0 Å². The van der Waals surface area contributed by atoms with Crippen molar-refractivity contribution in [2.45, 2.75) is 6.18 Å². The maximum Gasteiger partial charge on any atom is 0.416 e. The second-order valence-electron chi connectivity index (χ2n) is 8.53. The number of carbonyl (C=O) groups is 1. The molecule has 0 saturated carbocycles. The summed E-state index contributed by atoms with van der Waals surface area (Å²) >= 11 is 0. The van der Waals surface area contributed by atoms with Gasteiger partial charge in [0.2, 0.25) is 0 Å². The summed E-state index contributed by atoms with van der Waals surface area (Å²) in [4.78, 5) is 16.7. The summed E-state index contributed by atoms with van der Waals surface area (Å²) in [6.45, 7) is 7.54. The molecule has 182 valence electrons. The molecule has 4 rings (SSSR count). The molecule has 35 heavy (non-hydrogen) atoms. The van der Waals surface area contributed by atoms with Gasteiger partial charge in [-0.05, 0) is 53.6 Å². The molecule has 1 fully saturated rings. The highest BCUT2D eigenvalue weighted by Crippen LogP contribution is 2.32. The summed E-state index contributed by atoms with van der Waals surface area (Å²) in [6.07, 6.45) is -4.35. The van der Waals surface area contributed by atoms with E-state index in [0.29, 0.717) is 55.3 Å². The van der Waals surface area contributed by atoms with Crippen LogP contribution in [0.2, 0.25) is 0 Å². The molecule has 0 atom stereocenters. The first-order chi connectivity index (χ1) is 16.7. The minimum Gasteiger partial charge on any atom is -0.397 e. The Morgan fingerprint density at radius 2 is 1.57 bits per heavy atom. The molecule has 1 amide bonds. The number of amides is 1. The quantitative estimate of drug-likeness (QED) is 0.466. The van der Waals surface area contributed by atoms with Gasteiger partial charge in [0.1, 0.15) is 0 Å². The second-order valence-corrected chi connectivity index (χ2v) is 8.53. The number of hydrogen-bond donors (Lipinski definition) is 2. The van der Waals surface area contributed by atoms with Crippen LogP contribution in [0.25, 0.3) is 5.57 Å². The summed E-state index contributed by atoms with van der Waals surface area (Å²) in [5.41, 5.74) is 9.27. The van der Waals surface area contributed by atoms with E-state index in [2.05, 4.69) is 16.8 Å². The van der Waals surface area contributed by atoms with Crippen molar-refractivity contribution in [3.05, 3.63) is 96.1 Å². The molecular formula is C27H27F3N4O. The average molecular weight is 481 g/mol. The van der Waals surface area contributed by atoms with Crippen LogP contribution < -0.4 is 16.0 Å². The number of nitrogens with one attached hydrogen (secondary N) is 1. The summed E-state index contributed by atoms with van der Waals surface area (Å²) < 4.78 is 39.1. The van der Waals surface area contributed by atoms with E-state index in [4.69, 9.17) is 5.73 Å². The van der Waals surface area contributed by atoms with Crippen LogP contribution in [0.4, 0.5) is 30.2 Å². The molecule has 1 aliphatic rings. The van der Waals surface area contributed by atoms with Crippen LogP contribution in [0.15, 0.2) is 79.4 Å². The van der Waals surface area contributed by atoms with Gasteiger partial charge in [0.25, 0.3) is 5.91 Å². The number of nitrogens with zero attached hydrogens (tertiary/aromatic N) is 2. The highest BCUT2D eigenvalue weighted by atomic mass is 19.4. The molecule has 1 heterocycles. The molecular weight excluding hydrogens is 453 g/mol. The van der Waals surface area contributed by atoms with Crippen molar-refractivity contribution in [2.75, 3.05) is 48.7 Å². The van der Waals surface area contributed by atoms with Crippen molar-refractivity contribution in [3.8, 4) is 0 Å². The van der Waals surface area contributed by atoms with Crippen molar-refractivity contribution in [1.29, 1.82) is 0 Å². The number of halogens is 3. The van der Waals surface area contributed by atoms with E-state index in [9.17, 15) is 18.0 Å². The molecule has 1 saturated heterocycles. The fourth-order valence-corrected chi connectivity index (χ4v) is 4.07. The third kappa shape index (κ3) is 6.02. The summed E-state index contributed by atoms with van der Waals surface area (Å²) in [7, 11) is 0. The van der Waals surface area contributed by atoms with Gasteiger partial charge < -0.3 is 16.0 Å². The number of alkyl halides is 3. The molecule has 0 bridgehead atoms. The van der Waals surface area contributed by atoms with Crippen molar-refractivity contribution in [3.63, 3.8) is 0 Å². The van der Waals surface area contributed by atoms with Gasteiger partial charge in [-0.25, -0.2) is 0 Å². The average Bonchev–Trinajstić information content (AvgIpc) is 2.85. The van der Waals surface area contributed by atoms with Crippen LogP contribution in [0.3, 0.4) is 0 Å². The summed E-state index contributed by atoms with van der Waals surface area (Å²) in [5, 5.41) is 2.81. The summed E-state index contributed by atoms with van der Waals surface area (Å²) in [6, 6.07) is 19.8. The van der Waals surface area contributed by atoms with Gasteiger partial charge in [-0.15, -0.1) is 0 Å². The Labute approximate surface area is 202 Å². The predicted molar refractivity (Wildman–Crippen MR) is 134 cm³/mol. The largest absolute Gasteiger partial charge is 0.416 e. The standard InChI is InChI=1S/C27H27F3N4O/c1-19(20-9-11-21(12-10-20)26(35)32-25-8-3-2-7-24(25)31)18-33-13-15-34(16-14-33)23-6-4-5-22(17-23)27(28,29)30/h2-12,17H,1,13-16,18,31H2,(H,32,35). The smallest absolute Gasteiger partial charge is 0.397 e. The molecule has 3 aromatic carbocycles. The number of carbonyl (C=O) groups excluding carboxylic acids is 1. The van der Waals surface area contributed by atoms with Crippen LogP contribution in [-0.2, 0) is 6.18 Å². The summed E-state index contributed by atoms with van der Waals surface area (Å²) in [5.74, 6) is -0.245. The lowest BCUT2D eigenvalue weighted by atomic mass is 10.0. The Bertz CT molecular complexity index is 1200. The third-order valence-corrected chi connectivity index (χ3v) is 6.09. The lowest BCUT2D eigenvalue weighted by Crippen LogP contribution is -2.46. The zero-order chi connectivity index (χ0) is 25.0. The normalized spacial score (nSPS) is 14.5. The fourth-order valence-electron chi connectivity index (χ4n) is 4.07. The molecule has 8 heteroatoms. The minimum absolute atomic E-state index is 0.245. The molecule has 0 unspecified atom stereocenters. The van der Waals surface area contributed by atoms with Gasteiger partial charge in [-0.3, -0.25) is 9.69 Å². The van der Waals surface area contributed by atoms with Gasteiger partial charge in [0, 0.05) is 44.0 Å². The van der Waals surface area contributed by atoms with Gasteiger partial charge in [0.05, 0.1) is 16.9 Å². The number of benzene rings is 3. The molecule has 0 aromatic heterocycles. The second kappa shape index (κ2) is 10.2. The molecule has 1 aliphatic heterocycles. The van der Waals surface area contributed by atoms with Crippen molar-refractivity contribution in [2.24, 2.45) is 0 Å². The highest BCUT2D eigenvalue weighted by molar-refractivity contribution is 6.05. The molecule has 0 spiro atoms. The van der Waals surface area contributed by atoms with E-state index in [0.717, 1.165) is 17.2 Å². The first-order valence-corrected chi connectivity index (χ1v) is 11.3. The van der Waals surface area contributed by atoms with Crippen LogP contribution >= 0.6 is 0 Å². The predicted octanol–water partition coefficient (Wildman–Crippen LogP) is 5.38. The van der Waals surface area contributed by atoms with Crippen molar-refractivity contribution in [1.82, 2.24) is 4.90 Å². The van der Waals surface area contributed by atoms with E-state index < -0.39 is 11.7 Å². The number of piperazine rings is 1. The van der Waals surface area contributed by atoms with Crippen LogP contribution in [-0.4, -0.2) is 43.5 Å². The molecule has 5 nitrogen and oxygen atoms in total. The first-order valence-electron chi connectivity index (χ1n) is 11.3. The van der Waals surface area contributed by atoms with E-state index >= 15 is 0 Å². The van der Waals surface area contributed by atoms with Gasteiger partial charge >= 0.3 is 6.18 Å². The maximum absolute atomic E-state index is 13.0. The number of anilines is 3. The number of para-hydroxylation sites is 2. The number of nitrogens with two attached hydrogens (primary N) is 1. The van der Waals surface area contributed by atoms with Crippen LogP contribution in [0.5, 0.6) is 0 Å². The van der Waals surface area contributed by atoms with Gasteiger partial charge in [-0.1, -0.05) is 36.9 Å². The molecule has 0 radical (unpaired) electrons. The van der Waals surface area contributed by atoms with E-state index in [1.54, 1.807) is 42.5 Å². The van der Waals surface area contributed by atoms with Crippen LogP contribution in [0.1, 0.15) is 21.5 Å². The molecule has 3 N–H and O–H groups in total. The topological polar surface area (TPSA) is 61.6 Å². The minimum atomic E-state index is -4.35. The van der Waals surface area contributed by atoms with Gasteiger partial charge in [-0.2, -0.15) is 13.2 Å². The van der Waals surface area contributed by atoms with Crippen LogP contribution in [0, 0.1) is 0 Å². The molecule has 3 aromatic rings. The number of nitrogen functional groups attached to an aromatic ring is 1. The lowest BCUT2D eigenvalue weighted by Gasteiger charge is -2.36. The first kappa shape index (κ1) is 24.3. The Morgan fingerprint density at radius 3 is 2.23 bits per heavy atom. The molecule has 0 aliphatic carbocycles. The SMILES string of the molecule is C=C(CN1CCN(c2cccc(C(F)(F)F)c2)CC1)c1ccc(C(=O)Nc2ccccc2N)cc1. The Morgan fingerprint density at radius 1 is 0.914 bits per heavy atom. The fraction of sp³-hybridized carbons (Fsp3) is 0.222. The zero-order valence-corrected chi connectivity index (χ0v) is 19.2. The number of hydrogen-bond acceptors (Lipinski definition) is 4. The van der Waals surface area contributed by atoms with Gasteiger partial charge in [0.15, 0.2) is 0 Å². The zero-order valence-electron chi connectivity index (χ0n) is 19.2. The lowest BCUT2D eigenvalue weighted by molar-refractivity contribution is -0.137. The number of rotatable bonds is 6. The highest BCUT2D eigenvalue weighted by Gasteiger charge is 2.31. The van der Waals surface area contributed by atoms with E-state index in [-0.39, 0.29) is 5.91 Å². The Kier molecular flexibility index (Phi) is 7.12. The monoisotopic (exact) mass is 480 g/mol. The third-order valence-electron chi connectivity index (χ3n) is 6.09. The maximum atomic E-state index is 13.0. The van der Waals surface area contributed by atoms with Crippen molar-refractivity contribution >= 4 is 28.5 Å². The Balaban J connectivity index is 1.30. The van der Waals surface area contributed by atoms with E-state index in [1.165, 1.54) is 12.1 Å². The Hall–Kier alpha value is -3.78. The van der Waals surface area contributed by atoms with Crippen molar-refractivity contribution < 1.29 is 18.0 Å².